The third-order valence-electron chi connectivity index (χ3n) is 4.59. The van der Waals surface area contributed by atoms with E-state index >= 15 is 0 Å². The van der Waals surface area contributed by atoms with Crippen molar-refractivity contribution >= 4 is 10.9 Å². The summed E-state index contributed by atoms with van der Waals surface area (Å²) < 4.78 is 0. The average molecular weight is 276 g/mol. The van der Waals surface area contributed by atoms with Crippen molar-refractivity contribution in [3.05, 3.63) is 70.9 Å². The number of rotatable bonds is 1. The van der Waals surface area contributed by atoms with E-state index < -0.39 is 0 Å². The first-order valence-corrected chi connectivity index (χ1v) is 7.56. The van der Waals surface area contributed by atoms with Gasteiger partial charge in [-0.15, -0.1) is 0 Å². The van der Waals surface area contributed by atoms with Crippen molar-refractivity contribution in [3.8, 4) is 0 Å². The maximum absolute atomic E-state index is 3.27. The van der Waals surface area contributed by atoms with Crippen LogP contribution in [0.15, 0.2) is 48.7 Å². The van der Waals surface area contributed by atoms with E-state index in [4.69, 9.17) is 0 Å². The zero-order valence-corrected chi connectivity index (χ0v) is 12.6. The van der Waals surface area contributed by atoms with Gasteiger partial charge in [-0.2, -0.15) is 0 Å². The molecule has 1 aliphatic heterocycles. The Hall–Kier alpha value is -2.06. The van der Waals surface area contributed by atoms with Crippen LogP contribution in [0.25, 0.3) is 10.9 Å². The highest BCUT2D eigenvalue weighted by Crippen LogP contribution is 2.34. The van der Waals surface area contributed by atoms with Crippen LogP contribution in [-0.4, -0.2) is 23.5 Å². The van der Waals surface area contributed by atoms with Gasteiger partial charge in [-0.25, -0.2) is 0 Å². The van der Waals surface area contributed by atoms with E-state index in [1.54, 1.807) is 0 Å². The third-order valence-corrected chi connectivity index (χ3v) is 4.59. The lowest BCUT2D eigenvalue weighted by Gasteiger charge is -2.33. The summed E-state index contributed by atoms with van der Waals surface area (Å²) >= 11 is 0. The Kier molecular flexibility index (Phi) is 2.86. The molecule has 0 bridgehead atoms. The number of nitrogens with zero attached hydrogens (tertiary/aromatic N) is 1. The Morgan fingerprint density at radius 3 is 2.90 bits per heavy atom. The van der Waals surface area contributed by atoms with E-state index in [0.29, 0.717) is 5.92 Å². The third kappa shape index (κ3) is 2.16. The molecule has 1 N–H and O–H groups in total. The number of nitrogens with one attached hydrogen (secondary N) is 1. The lowest BCUT2D eigenvalue weighted by Crippen LogP contribution is -2.31. The van der Waals surface area contributed by atoms with Gasteiger partial charge in [0.1, 0.15) is 0 Å². The van der Waals surface area contributed by atoms with Crippen LogP contribution in [0.5, 0.6) is 0 Å². The molecule has 4 rings (SSSR count). The zero-order chi connectivity index (χ0) is 14.4. The summed E-state index contributed by atoms with van der Waals surface area (Å²) in [7, 11) is 2.22. The van der Waals surface area contributed by atoms with E-state index in [0.717, 1.165) is 13.1 Å². The number of aryl methyl sites for hydroxylation is 1. The van der Waals surface area contributed by atoms with Crippen molar-refractivity contribution < 1.29 is 0 Å². The summed E-state index contributed by atoms with van der Waals surface area (Å²) in [6.45, 7) is 4.32. The molecule has 21 heavy (non-hydrogen) atoms. The molecule has 1 aromatic heterocycles. The fourth-order valence-electron chi connectivity index (χ4n) is 3.55. The van der Waals surface area contributed by atoms with Crippen LogP contribution >= 0.6 is 0 Å². The average Bonchev–Trinajstić information content (AvgIpc) is 2.93. The summed E-state index contributed by atoms with van der Waals surface area (Å²) in [4.78, 5) is 5.70. The van der Waals surface area contributed by atoms with E-state index in [2.05, 4.69) is 66.3 Å². The minimum atomic E-state index is 0.471. The molecule has 1 aliphatic rings. The Labute approximate surface area is 125 Å². The summed E-state index contributed by atoms with van der Waals surface area (Å²) in [6.07, 6.45) is 2.01. The van der Waals surface area contributed by atoms with Crippen LogP contribution in [0.2, 0.25) is 0 Å². The van der Waals surface area contributed by atoms with Gasteiger partial charge in [-0.05, 0) is 54.2 Å². The molecular weight excluding hydrogens is 256 g/mol. The van der Waals surface area contributed by atoms with Crippen LogP contribution in [0.3, 0.4) is 0 Å². The summed E-state index contributed by atoms with van der Waals surface area (Å²) in [5.41, 5.74) is 6.95. The van der Waals surface area contributed by atoms with Gasteiger partial charge >= 0.3 is 0 Å². The van der Waals surface area contributed by atoms with Crippen molar-refractivity contribution in [3.63, 3.8) is 0 Å². The van der Waals surface area contributed by atoms with Gasteiger partial charge in [-0.3, -0.25) is 0 Å². The molecule has 0 amide bonds. The highest BCUT2D eigenvalue weighted by Gasteiger charge is 2.24. The molecule has 106 valence electrons. The minimum Gasteiger partial charge on any atom is -0.361 e. The van der Waals surface area contributed by atoms with Crippen LogP contribution in [0, 0.1) is 6.92 Å². The molecule has 2 heteroatoms. The maximum Gasteiger partial charge on any atom is 0.0454 e. The number of H-pyrrole nitrogens is 1. The zero-order valence-electron chi connectivity index (χ0n) is 12.6. The molecule has 0 spiro atoms. The standard InChI is InChI=1S/C19H20N2/c1-13-3-5-17-16(9-13)11-21(2)12-18(17)14-4-6-19-15(10-14)7-8-20-19/h3-10,18,20H,11-12H2,1-2H3. The van der Waals surface area contributed by atoms with Crippen molar-refractivity contribution in [1.29, 1.82) is 0 Å². The maximum atomic E-state index is 3.27. The number of hydrogen-bond donors (Lipinski definition) is 1. The van der Waals surface area contributed by atoms with Crippen LogP contribution in [-0.2, 0) is 6.54 Å². The quantitative estimate of drug-likeness (QED) is 0.710. The first kappa shape index (κ1) is 12.7. The molecule has 3 aromatic rings. The SMILES string of the molecule is Cc1ccc2c(c1)CN(C)CC2c1ccc2[nH]ccc2c1. The molecule has 2 aromatic carbocycles. The molecule has 2 nitrogen and oxygen atoms in total. The lowest BCUT2D eigenvalue weighted by atomic mass is 9.84. The Morgan fingerprint density at radius 1 is 1.10 bits per heavy atom. The van der Waals surface area contributed by atoms with Crippen LogP contribution in [0.1, 0.15) is 28.2 Å². The van der Waals surface area contributed by atoms with Crippen molar-refractivity contribution in [2.45, 2.75) is 19.4 Å². The number of likely N-dealkylation sites (N-methyl/N-ethyl adjacent to an activating group) is 1. The van der Waals surface area contributed by atoms with Gasteiger partial charge in [0.2, 0.25) is 0 Å². The van der Waals surface area contributed by atoms with Crippen molar-refractivity contribution in [2.24, 2.45) is 0 Å². The fourth-order valence-corrected chi connectivity index (χ4v) is 3.55. The molecule has 0 saturated heterocycles. The first-order chi connectivity index (χ1) is 10.2. The molecular formula is C19H20N2. The number of aromatic amines is 1. The molecule has 1 unspecified atom stereocenters. The minimum absolute atomic E-state index is 0.471. The van der Waals surface area contributed by atoms with Gasteiger partial charge in [-0.1, -0.05) is 29.8 Å². The first-order valence-electron chi connectivity index (χ1n) is 7.56. The molecule has 0 fully saturated rings. The molecule has 1 atom stereocenters. The van der Waals surface area contributed by atoms with Crippen LogP contribution < -0.4 is 0 Å². The molecule has 0 saturated carbocycles. The second-order valence-corrected chi connectivity index (χ2v) is 6.28. The second kappa shape index (κ2) is 4.74. The van der Waals surface area contributed by atoms with Gasteiger partial charge in [0.05, 0.1) is 0 Å². The van der Waals surface area contributed by atoms with E-state index in [9.17, 15) is 0 Å². The Bertz CT molecular complexity index is 800. The second-order valence-electron chi connectivity index (χ2n) is 6.28. The Balaban J connectivity index is 1.84. The predicted molar refractivity (Wildman–Crippen MR) is 87.7 cm³/mol. The topological polar surface area (TPSA) is 19.0 Å². The highest BCUT2D eigenvalue weighted by molar-refractivity contribution is 5.80. The van der Waals surface area contributed by atoms with Crippen LogP contribution in [0.4, 0.5) is 0 Å². The molecule has 2 heterocycles. The van der Waals surface area contributed by atoms with Gasteiger partial charge in [0.15, 0.2) is 0 Å². The molecule has 0 aliphatic carbocycles. The number of benzene rings is 2. The van der Waals surface area contributed by atoms with Crippen molar-refractivity contribution in [1.82, 2.24) is 9.88 Å². The summed E-state index contributed by atoms with van der Waals surface area (Å²) in [5, 5.41) is 1.30. The number of aromatic nitrogens is 1. The smallest absolute Gasteiger partial charge is 0.0454 e. The van der Waals surface area contributed by atoms with E-state index in [-0.39, 0.29) is 0 Å². The number of hydrogen-bond acceptors (Lipinski definition) is 1. The van der Waals surface area contributed by atoms with Gasteiger partial charge in [0.25, 0.3) is 0 Å². The van der Waals surface area contributed by atoms with Gasteiger partial charge in [0, 0.05) is 30.7 Å². The fraction of sp³-hybridized carbons (Fsp3) is 0.263. The molecule has 0 radical (unpaired) electrons. The summed E-state index contributed by atoms with van der Waals surface area (Å²) in [5.74, 6) is 0.471. The predicted octanol–water partition coefficient (Wildman–Crippen LogP) is 4.05. The normalized spacial score (nSPS) is 18.9. The highest BCUT2D eigenvalue weighted by atomic mass is 15.1. The number of fused-ring (bicyclic) bond motifs is 2. The summed E-state index contributed by atoms with van der Waals surface area (Å²) in [6, 6.07) is 15.9. The van der Waals surface area contributed by atoms with Gasteiger partial charge < -0.3 is 9.88 Å². The van der Waals surface area contributed by atoms with Crippen molar-refractivity contribution in [2.75, 3.05) is 13.6 Å². The largest absolute Gasteiger partial charge is 0.361 e. The van der Waals surface area contributed by atoms with E-state index in [1.807, 2.05) is 6.20 Å². The monoisotopic (exact) mass is 276 g/mol. The van der Waals surface area contributed by atoms with E-state index in [1.165, 1.54) is 33.2 Å². The lowest BCUT2D eigenvalue weighted by molar-refractivity contribution is 0.295. The Morgan fingerprint density at radius 2 is 2.00 bits per heavy atom.